The summed E-state index contributed by atoms with van der Waals surface area (Å²) in [5.41, 5.74) is 1.85. The number of carbonyl (C=O) groups excluding carboxylic acids is 1. The molecule has 0 amide bonds. The lowest BCUT2D eigenvalue weighted by Gasteiger charge is -2.05. The fourth-order valence-corrected chi connectivity index (χ4v) is 3.63. The van der Waals surface area contributed by atoms with Crippen molar-refractivity contribution in [1.82, 2.24) is 0 Å². The Morgan fingerprint density at radius 1 is 0.795 bits per heavy atom. The molecule has 200 valence electrons. The number of hydrogen-bond acceptors (Lipinski definition) is 7. The maximum Gasteiger partial charge on any atom is 0.340 e. The second-order valence-corrected chi connectivity index (χ2v) is 8.64. The van der Waals surface area contributed by atoms with Crippen LogP contribution in [0.4, 0.5) is 5.69 Å². The van der Waals surface area contributed by atoms with Crippen LogP contribution in [0.1, 0.15) is 37.0 Å². The van der Waals surface area contributed by atoms with Gasteiger partial charge < -0.3 is 13.6 Å². The van der Waals surface area contributed by atoms with Gasteiger partial charge in [-0.05, 0) is 48.7 Å². The van der Waals surface area contributed by atoms with Crippen molar-refractivity contribution in [2.45, 2.75) is 26.7 Å². The molecule has 7 heteroatoms. The molecule has 0 N–H and O–H groups in total. The van der Waals surface area contributed by atoms with E-state index in [0.717, 1.165) is 23.6 Å². The first-order chi connectivity index (χ1) is 18.9. The summed E-state index contributed by atoms with van der Waals surface area (Å²) in [6.45, 7) is 4.26. The van der Waals surface area contributed by atoms with Crippen LogP contribution in [-0.2, 0) is 4.74 Å². The number of nitrogens with zero attached hydrogens (tertiary/aromatic N) is 1. The molecule has 0 radical (unpaired) electrons. The van der Waals surface area contributed by atoms with Crippen molar-refractivity contribution >= 4 is 39.8 Å². The third kappa shape index (κ3) is 8.93. The third-order valence-electron chi connectivity index (χ3n) is 5.58. The SMILES string of the molecule is CCCC(C)C=Nc1ccccc1C(=O)OC.O=c1ccc2ccccc2o1.O=c1ccc2ccccc2o1. The van der Waals surface area contributed by atoms with E-state index in [0.29, 0.717) is 28.3 Å². The van der Waals surface area contributed by atoms with Crippen LogP contribution in [0.5, 0.6) is 0 Å². The van der Waals surface area contributed by atoms with Crippen LogP contribution in [0, 0.1) is 5.92 Å². The van der Waals surface area contributed by atoms with Crippen molar-refractivity contribution < 1.29 is 18.4 Å². The number of methoxy groups -OCH3 is 1. The topological polar surface area (TPSA) is 99.1 Å². The molecule has 1 atom stereocenters. The normalized spacial score (nSPS) is 11.3. The molecule has 5 rings (SSSR count). The average Bonchev–Trinajstić information content (AvgIpc) is 2.96. The first-order valence-electron chi connectivity index (χ1n) is 12.6. The molecule has 0 aliphatic rings. The highest BCUT2D eigenvalue weighted by atomic mass is 16.5. The minimum Gasteiger partial charge on any atom is -0.465 e. The summed E-state index contributed by atoms with van der Waals surface area (Å²) >= 11 is 0. The van der Waals surface area contributed by atoms with Crippen molar-refractivity contribution in [1.29, 1.82) is 0 Å². The molecule has 0 aliphatic carbocycles. The van der Waals surface area contributed by atoms with Gasteiger partial charge in [0.25, 0.3) is 0 Å². The zero-order valence-electron chi connectivity index (χ0n) is 22.2. The minimum absolute atomic E-state index is 0.302. The first kappa shape index (κ1) is 28.8. The molecular weight excluding hydrogens is 494 g/mol. The molecule has 0 fully saturated rings. The lowest BCUT2D eigenvalue weighted by Crippen LogP contribution is -2.01. The van der Waals surface area contributed by atoms with E-state index in [2.05, 4.69) is 18.8 Å². The number of para-hydroxylation sites is 3. The number of ether oxygens (including phenoxy) is 1. The molecule has 0 spiro atoms. The standard InChI is InChI=1S/C14H19NO2.2C9H6O2/c1-4-7-11(2)10-15-13-9-6-5-8-12(13)14(16)17-3;2*10-9-6-5-7-3-1-2-4-8(7)11-9/h5-6,8-11H,4,7H2,1-3H3;2*1-6H. The Balaban J connectivity index is 0.000000167. The van der Waals surface area contributed by atoms with E-state index in [9.17, 15) is 14.4 Å². The van der Waals surface area contributed by atoms with Gasteiger partial charge in [-0.2, -0.15) is 0 Å². The molecule has 2 aromatic heterocycles. The van der Waals surface area contributed by atoms with Crippen LogP contribution in [-0.4, -0.2) is 19.3 Å². The van der Waals surface area contributed by atoms with Crippen molar-refractivity contribution in [2.24, 2.45) is 10.9 Å². The van der Waals surface area contributed by atoms with Gasteiger partial charge in [0.15, 0.2) is 0 Å². The zero-order valence-corrected chi connectivity index (χ0v) is 22.2. The molecule has 1 unspecified atom stereocenters. The predicted molar refractivity (Wildman–Crippen MR) is 155 cm³/mol. The van der Waals surface area contributed by atoms with Crippen LogP contribution >= 0.6 is 0 Å². The Morgan fingerprint density at radius 2 is 1.31 bits per heavy atom. The van der Waals surface area contributed by atoms with Crippen molar-refractivity contribution in [2.75, 3.05) is 7.11 Å². The second kappa shape index (κ2) is 14.8. The number of rotatable bonds is 5. The van der Waals surface area contributed by atoms with E-state index in [1.165, 1.54) is 19.2 Å². The van der Waals surface area contributed by atoms with Crippen LogP contribution in [0.15, 0.2) is 120 Å². The van der Waals surface area contributed by atoms with Crippen LogP contribution in [0.3, 0.4) is 0 Å². The van der Waals surface area contributed by atoms with Gasteiger partial charge in [-0.15, -0.1) is 0 Å². The maximum absolute atomic E-state index is 11.5. The highest BCUT2D eigenvalue weighted by molar-refractivity contribution is 5.95. The highest BCUT2D eigenvalue weighted by Crippen LogP contribution is 2.20. The van der Waals surface area contributed by atoms with Crippen molar-refractivity contribution in [3.63, 3.8) is 0 Å². The Hall–Kier alpha value is -4.78. The Morgan fingerprint density at radius 3 is 1.85 bits per heavy atom. The van der Waals surface area contributed by atoms with E-state index in [-0.39, 0.29) is 17.2 Å². The summed E-state index contributed by atoms with van der Waals surface area (Å²) in [5, 5.41) is 1.90. The fourth-order valence-electron chi connectivity index (χ4n) is 3.63. The minimum atomic E-state index is -0.346. The quantitative estimate of drug-likeness (QED) is 0.137. The molecule has 0 saturated heterocycles. The molecule has 2 heterocycles. The van der Waals surface area contributed by atoms with Crippen molar-refractivity contribution in [3.8, 4) is 0 Å². The third-order valence-corrected chi connectivity index (χ3v) is 5.58. The number of hydrogen-bond donors (Lipinski definition) is 0. The monoisotopic (exact) mass is 525 g/mol. The van der Waals surface area contributed by atoms with Gasteiger partial charge in [0.2, 0.25) is 0 Å². The first-order valence-corrected chi connectivity index (χ1v) is 12.6. The summed E-state index contributed by atoms with van der Waals surface area (Å²) in [6, 6.07) is 28.4. The number of benzene rings is 3. The van der Waals surface area contributed by atoms with Crippen LogP contribution in [0.25, 0.3) is 21.9 Å². The van der Waals surface area contributed by atoms with Gasteiger partial charge in [-0.3, -0.25) is 4.99 Å². The lowest BCUT2D eigenvalue weighted by atomic mass is 10.1. The zero-order chi connectivity index (χ0) is 28.0. The summed E-state index contributed by atoms with van der Waals surface area (Å²) in [4.78, 5) is 37.3. The molecule has 0 aliphatic heterocycles. The molecule has 5 aromatic rings. The van der Waals surface area contributed by atoms with Gasteiger partial charge in [0.05, 0.1) is 18.4 Å². The van der Waals surface area contributed by atoms with Crippen molar-refractivity contribution in [3.05, 3.63) is 123 Å². The Labute approximate surface area is 226 Å². The molecule has 0 bridgehead atoms. The Kier molecular flexibility index (Phi) is 10.9. The molecule has 0 saturated carbocycles. The molecule has 39 heavy (non-hydrogen) atoms. The Bertz CT molecular complexity index is 1560. The van der Waals surface area contributed by atoms with Gasteiger partial charge in [-0.1, -0.05) is 68.8 Å². The number of carbonyl (C=O) groups is 1. The smallest absolute Gasteiger partial charge is 0.340 e. The predicted octanol–water partition coefficient (Wildman–Crippen LogP) is 7.20. The van der Waals surface area contributed by atoms with E-state index in [1.54, 1.807) is 36.4 Å². The van der Waals surface area contributed by atoms with E-state index in [4.69, 9.17) is 13.6 Å². The second-order valence-electron chi connectivity index (χ2n) is 8.64. The van der Waals surface area contributed by atoms with Gasteiger partial charge >= 0.3 is 17.2 Å². The van der Waals surface area contributed by atoms with E-state index < -0.39 is 0 Å². The fraction of sp³-hybridized carbons (Fsp3) is 0.188. The van der Waals surface area contributed by atoms with Crippen LogP contribution < -0.4 is 11.3 Å². The van der Waals surface area contributed by atoms with Gasteiger partial charge in [0.1, 0.15) is 11.2 Å². The summed E-state index contributed by atoms with van der Waals surface area (Å²) in [7, 11) is 1.38. The van der Waals surface area contributed by atoms with E-state index >= 15 is 0 Å². The largest absolute Gasteiger partial charge is 0.465 e. The van der Waals surface area contributed by atoms with Gasteiger partial charge in [-0.25, -0.2) is 14.4 Å². The summed E-state index contributed by atoms with van der Waals surface area (Å²) in [6.07, 6.45) is 4.13. The molecule has 3 aromatic carbocycles. The molecule has 7 nitrogen and oxygen atoms in total. The number of fused-ring (bicyclic) bond motifs is 2. The summed E-state index contributed by atoms with van der Waals surface area (Å²) < 4.78 is 14.5. The lowest BCUT2D eigenvalue weighted by molar-refractivity contribution is 0.0601. The van der Waals surface area contributed by atoms with Crippen LogP contribution in [0.2, 0.25) is 0 Å². The number of aliphatic imine (C=N–C) groups is 1. The van der Waals surface area contributed by atoms with E-state index in [1.807, 2.05) is 54.7 Å². The highest BCUT2D eigenvalue weighted by Gasteiger charge is 2.09. The van der Waals surface area contributed by atoms with Gasteiger partial charge in [0, 0.05) is 29.1 Å². The number of esters is 1. The summed E-state index contributed by atoms with van der Waals surface area (Å²) in [5.74, 6) is 0.0756. The average molecular weight is 526 g/mol. The molecular formula is C32H31NO6. The maximum atomic E-state index is 11.5.